The van der Waals surface area contributed by atoms with Gasteiger partial charge in [-0.3, -0.25) is 0 Å². The van der Waals surface area contributed by atoms with Gasteiger partial charge in [0.2, 0.25) is 6.08 Å². The molecular weight excluding hydrogens is 134 g/mol. The molecule has 0 saturated carbocycles. The summed E-state index contributed by atoms with van der Waals surface area (Å²) in [5.74, 6) is -1.30. The van der Waals surface area contributed by atoms with Crippen molar-refractivity contribution in [1.29, 1.82) is 0 Å². The van der Waals surface area contributed by atoms with Gasteiger partial charge in [-0.1, -0.05) is 6.58 Å². The molecule has 0 radical (unpaired) electrons. The maximum absolute atomic E-state index is 9.94. The van der Waals surface area contributed by atoms with E-state index in [1.165, 1.54) is 6.08 Å². The van der Waals surface area contributed by atoms with Gasteiger partial charge in [-0.2, -0.15) is 0 Å². The molecule has 0 bridgehead atoms. The highest BCUT2D eigenvalue weighted by atomic mass is 16.4. The van der Waals surface area contributed by atoms with Crippen LogP contribution in [-0.4, -0.2) is 18.6 Å². The lowest BCUT2D eigenvalue weighted by Gasteiger charge is -2.01. The van der Waals surface area contributed by atoms with Crippen LogP contribution in [0.4, 0.5) is 0 Å². The largest absolute Gasteiger partial charge is 0.545 e. The smallest absolute Gasteiger partial charge is 0.234 e. The molecule has 0 aromatic rings. The van der Waals surface area contributed by atoms with Gasteiger partial charge in [-0.15, -0.1) is 0 Å². The van der Waals surface area contributed by atoms with Gasteiger partial charge in [0.25, 0.3) is 0 Å². The minimum atomic E-state index is -1.30. The number of carbonyl (C=O) groups excluding carboxylic acids is 2. The van der Waals surface area contributed by atoms with Gasteiger partial charge in [0.05, 0.1) is 12.5 Å². The number of isocyanates is 1. The van der Waals surface area contributed by atoms with Crippen LogP contribution >= 0.6 is 0 Å². The summed E-state index contributed by atoms with van der Waals surface area (Å²) in [4.78, 5) is 22.6. The number of carboxylic acids is 1. The predicted molar refractivity (Wildman–Crippen MR) is 31.8 cm³/mol. The molecule has 10 heavy (non-hydrogen) atoms. The zero-order valence-electron chi connectivity index (χ0n) is 5.29. The molecule has 4 nitrogen and oxygen atoms in total. The number of rotatable bonds is 4. The first kappa shape index (κ1) is 8.59. The van der Waals surface area contributed by atoms with E-state index in [1.54, 1.807) is 0 Å². The normalized spacial score (nSPS) is 8.00. The summed E-state index contributed by atoms with van der Waals surface area (Å²) in [5.41, 5.74) is -0.0565. The fraction of sp³-hybridized carbons (Fsp3) is 0.333. The third-order valence-electron chi connectivity index (χ3n) is 0.879. The zero-order chi connectivity index (χ0) is 7.98. The molecule has 0 unspecified atom stereocenters. The number of hydrogen-bond donors (Lipinski definition) is 0. The Balaban J connectivity index is 3.60. The Morgan fingerprint density at radius 1 is 1.70 bits per heavy atom. The quantitative estimate of drug-likeness (QED) is 0.286. The average Bonchev–Trinajstić information content (AvgIpc) is 1.88. The fourth-order valence-electron chi connectivity index (χ4n) is 0.339. The van der Waals surface area contributed by atoms with Crippen molar-refractivity contribution in [1.82, 2.24) is 0 Å². The highest BCUT2D eigenvalue weighted by Crippen LogP contribution is 1.94. The molecule has 0 aromatic heterocycles. The second-order valence-electron chi connectivity index (χ2n) is 1.61. The number of hydrogen-bond acceptors (Lipinski definition) is 4. The Labute approximate surface area is 57.9 Å². The van der Waals surface area contributed by atoms with Crippen molar-refractivity contribution in [3.63, 3.8) is 0 Å². The van der Waals surface area contributed by atoms with Gasteiger partial charge in [0, 0.05) is 0 Å². The van der Waals surface area contributed by atoms with Crippen LogP contribution < -0.4 is 5.11 Å². The number of aliphatic imine (C=N–C) groups is 1. The minimum absolute atomic E-state index is 0.0565. The van der Waals surface area contributed by atoms with Gasteiger partial charge in [-0.05, 0) is 12.0 Å². The minimum Gasteiger partial charge on any atom is -0.545 e. The van der Waals surface area contributed by atoms with Crippen molar-refractivity contribution >= 4 is 12.0 Å². The van der Waals surface area contributed by atoms with Crippen LogP contribution in [0.5, 0.6) is 0 Å². The van der Waals surface area contributed by atoms with Crippen LogP contribution in [0, 0.1) is 0 Å². The van der Waals surface area contributed by atoms with Crippen molar-refractivity contribution in [2.45, 2.75) is 6.42 Å². The third kappa shape index (κ3) is 3.57. The second kappa shape index (κ2) is 4.47. The summed E-state index contributed by atoms with van der Waals surface area (Å²) in [6.07, 6.45) is 1.42. The van der Waals surface area contributed by atoms with E-state index in [2.05, 4.69) is 11.6 Å². The van der Waals surface area contributed by atoms with Gasteiger partial charge in [0.1, 0.15) is 0 Å². The van der Waals surface area contributed by atoms with Gasteiger partial charge in [0.15, 0.2) is 0 Å². The summed E-state index contributed by atoms with van der Waals surface area (Å²) >= 11 is 0. The van der Waals surface area contributed by atoms with Crippen LogP contribution in [0.3, 0.4) is 0 Å². The Kier molecular flexibility index (Phi) is 3.84. The number of carboxylic acid groups (broad SMARTS) is 1. The Morgan fingerprint density at radius 2 is 2.30 bits per heavy atom. The molecule has 4 heteroatoms. The highest BCUT2D eigenvalue weighted by molar-refractivity contribution is 5.83. The maximum atomic E-state index is 9.94. The van der Waals surface area contributed by atoms with Crippen molar-refractivity contribution in [3.05, 3.63) is 12.2 Å². The van der Waals surface area contributed by atoms with Crippen LogP contribution in [0.15, 0.2) is 17.1 Å². The highest BCUT2D eigenvalue weighted by Gasteiger charge is 1.91. The van der Waals surface area contributed by atoms with Crippen molar-refractivity contribution in [3.8, 4) is 0 Å². The average molecular weight is 140 g/mol. The summed E-state index contributed by atoms with van der Waals surface area (Å²) in [7, 11) is 0. The van der Waals surface area contributed by atoms with E-state index in [4.69, 9.17) is 0 Å². The molecule has 0 saturated heterocycles. The van der Waals surface area contributed by atoms with Crippen molar-refractivity contribution < 1.29 is 14.7 Å². The summed E-state index contributed by atoms with van der Waals surface area (Å²) in [6.45, 7) is 3.28. The van der Waals surface area contributed by atoms with Crippen LogP contribution in [0.1, 0.15) is 6.42 Å². The van der Waals surface area contributed by atoms with Crippen molar-refractivity contribution in [2.24, 2.45) is 4.99 Å². The first-order chi connectivity index (χ1) is 4.68. The monoisotopic (exact) mass is 140 g/mol. The molecule has 0 aliphatic carbocycles. The fourth-order valence-corrected chi connectivity index (χ4v) is 0.339. The van der Waals surface area contributed by atoms with E-state index >= 15 is 0 Å². The third-order valence-corrected chi connectivity index (χ3v) is 0.879. The van der Waals surface area contributed by atoms with E-state index in [-0.39, 0.29) is 18.5 Å². The first-order valence-electron chi connectivity index (χ1n) is 2.61. The predicted octanol–water partition coefficient (Wildman–Crippen LogP) is -0.982. The lowest BCUT2D eigenvalue weighted by atomic mass is 10.2. The van der Waals surface area contributed by atoms with Crippen LogP contribution in [-0.2, 0) is 9.59 Å². The molecule has 0 heterocycles. The molecule has 0 aliphatic rings. The molecule has 0 atom stereocenters. The summed E-state index contributed by atoms with van der Waals surface area (Å²) in [6, 6.07) is 0. The number of carbonyl (C=O) groups is 1. The molecule has 0 fully saturated rings. The van der Waals surface area contributed by atoms with Crippen molar-refractivity contribution in [2.75, 3.05) is 6.54 Å². The van der Waals surface area contributed by atoms with Gasteiger partial charge in [-0.25, -0.2) is 9.79 Å². The lowest BCUT2D eigenvalue weighted by Crippen LogP contribution is -2.24. The second-order valence-corrected chi connectivity index (χ2v) is 1.61. The molecule has 0 aliphatic heterocycles. The molecular formula is C6H6NO3-. The first-order valence-corrected chi connectivity index (χ1v) is 2.61. The van der Waals surface area contributed by atoms with E-state index in [0.29, 0.717) is 0 Å². The Hall–Kier alpha value is -1.41. The van der Waals surface area contributed by atoms with Crippen LogP contribution in [0.2, 0.25) is 0 Å². The number of nitrogens with zero attached hydrogens (tertiary/aromatic N) is 1. The van der Waals surface area contributed by atoms with Gasteiger partial charge < -0.3 is 9.90 Å². The Bertz CT molecular complexity index is 191. The zero-order valence-corrected chi connectivity index (χ0v) is 5.29. The van der Waals surface area contributed by atoms with E-state index in [1.807, 2.05) is 0 Å². The molecule has 0 aromatic carbocycles. The molecule has 0 amide bonds. The maximum Gasteiger partial charge on any atom is 0.234 e. The van der Waals surface area contributed by atoms with E-state index in [9.17, 15) is 14.7 Å². The molecule has 54 valence electrons. The molecule has 0 rings (SSSR count). The van der Waals surface area contributed by atoms with Crippen LogP contribution in [0.25, 0.3) is 0 Å². The summed E-state index contributed by atoms with van der Waals surface area (Å²) in [5, 5.41) is 9.94. The lowest BCUT2D eigenvalue weighted by molar-refractivity contribution is -0.299. The standard InChI is InChI=1S/C6H7NO3/c1-5(6(9)10)2-3-7-4-8/h1-3H2,(H,9,10)/p-1. The van der Waals surface area contributed by atoms with E-state index < -0.39 is 5.97 Å². The SMILES string of the molecule is C=C(CCN=C=O)C(=O)[O-]. The summed E-state index contributed by atoms with van der Waals surface area (Å²) < 4.78 is 0. The molecule has 0 N–H and O–H groups in total. The topological polar surface area (TPSA) is 69.6 Å². The van der Waals surface area contributed by atoms with Gasteiger partial charge >= 0.3 is 0 Å². The number of aliphatic carboxylic acids is 1. The van der Waals surface area contributed by atoms with E-state index in [0.717, 1.165) is 0 Å². The molecule has 0 spiro atoms. The Morgan fingerprint density at radius 3 is 2.70 bits per heavy atom.